The number of nitrogens with two attached hydrogens (primary N) is 1. The number of anilines is 1. The van der Waals surface area contributed by atoms with Gasteiger partial charge in [-0.05, 0) is 31.2 Å². The second-order valence-corrected chi connectivity index (χ2v) is 4.86. The first kappa shape index (κ1) is 7.44. The van der Waals surface area contributed by atoms with Gasteiger partial charge in [-0.25, -0.2) is 0 Å². The van der Waals surface area contributed by atoms with E-state index in [1.807, 2.05) is 0 Å². The second kappa shape index (κ2) is 2.39. The van der Waals surface area contributed by atoms with Crippen molar-refractivity contribution >= 4 is 28.6 Å². The van der Waals surface area contributed by atoms with Crippen molar-refractivity contribution in [1.29, 1.82) is 0 Å². The number of thiophene rings is 1. The van der Waals surface area contributed by atoms with Crippen LogP contribution in [-0.4, -0.2) is 0 Å². The van der Waals surface area contributed by atoms with Gasteiger partial charge in [0.05, 0.1) is 5.69 Å². The van der Waals surface area contributed by atoms with Gasteiger partial charge in [-0.2, -0.15) is 0 Å². The maximum atomic E-state index is 5.90. The smallest absolute Gasteiger partial charge is 0.116 e. The summed E-state index contributed by atoms with van der Waals surface area (Å²) < 4.78 is 0.768. The number of halogens is 1. The fourth-order valence-corrected chi connectivity index (χ4v) is 2.74. The average molecular weight is 188 g/mol. The highest BCUT2D eigenvalue weighted by molar-refractivity contribution is 7.17. The molecule has 1 aliphatic rings. The summed E-state index contributed by atoms with van der Waals surface area (Å²) in [5.41, 5.74) is 7.97. The Balaban J connectivity index is 2.50. The Morgan fingerprint density at radius 1 is 1.55 bits per heavy atom. The maximum absolute atomic E-state index is 5.90. The number of hydrogen-bond donors (Lipinski definition) is 1. The molecule has 0 saturated heterocycles. The molecule has 2 rings (SSSR count). The topological polar surface area (TPSA) is 26.0 Å². The van der Waals surface area contributed by atoms with Crippen LogP contribution < -0.4 is 5.73 Å². The molecule has 11 heavy (non-hydrogen) atoms. The van der Waals surface area contributed by atoms with E-state index in [-0.39, 0.29) is 0 Å². The molecule has 1 aliphatic carbocycles. The quantitative estimate of drug-likeness (QED) is 0.718. The number of nitrogen functional groups attached to an aromatic ring is 1. The van der Waals surface area contributed by atoms with Crippen molar-refractivity contribution in [3.05, 3.63) is 14.8 Å². The summed E-state index contributed by atoms with van der Waals surface area (Å²) in [7, 11) is 0. The highest BCUT2D eigenvalue weighted by atomic mass is 35.5. The zero-order chi connectivity index (χ0) is 8.01. The van der Waals surface area contributed by atoms with Crippen LogP contribution in [0.2, 0.25) is 4.34 Å². The standard InChI is InChI=1S/C8H10ClNS/c1-4-6(5-2-3-5)7(10)8(9)11-4/h5H,2-3,10H2,1H3. The third-order valence-electron chi connectivity index (χ3n) is 2.11. The number of aryl methyl sites for hydroxylation is 1. The van der Waals surface area contributed by atoms with E-state index in [4.69, 9.17) is 17.3 Å². The van der Waals surface area contributed by atoms with E-state index in [9.17, 15) is 0 Å². The lowest BCUT2D eigenvalue weighted by Crippen LogP contribution is -1.88. The van der Waals surface area contributed by atoms with Gasteiger partial charge in [0.25, 0.3) is 0 Å². The Labute approximate surface area is 75.2 Å². The van der Waals surface area contributed by atoms with Crippen LogP contribution in [0.5, 0.6) is 0 Å². The molecule has 1 aromatic rings. The van der Waals surface area contributed by atoms with Crippen molar-refractivity contribution in [2.75, 3.05) is 5.73 Å². The molecule has 0 aliphatic heterocycles. The van der Waals surface area contributed by atoms with Gasteiger partial charge in [0.1, 0.15) is 4.34 Å². The second-order valence-electron chi connectivity index (χ2n) is 3.03. The first-order valence-corrected chi connectivity index (χ1v) is 4.94. The normalized spacial score (nSPS) is 17.3. The van der Waals surface area contributed by atoms with E-state index >= 15 is 0 Å². The molecule has 0 unspecified atom stereocenters. The van der Waals surface area contributed by atoms with Gasteiger partial charge in [-0.15, -0.1) is 11.3 Å². The molecule has 0 atom stereocenters. The van der Waals surface area contributed by atoms with Crippen molar-refractivity contribution in [3.63, 3.8) is 0 Å². The van der Waals surface area contributed by atoms with E-state index < -0.39 is 0 Å². The van der Waals surface area contributed by atoms with Crippen LogP contribution in [0.3, 0.4) is 0 Å². The van der Waals surface area contributed by atoms with Gasteiger partial charge in [-0.1, -0.05) is 11.6 Å². The van der Waals surface area contributed by atoms with Crippen molar-refractivity contribution in [3.8, 4) is 0 Å². The molecule has 0 radical (unpaired) electrons. The fraction of sp³-hybridized carbons (Fsp3) is 0.500. The van der Waals surface area contributed by atoms with E-state index in [2.05, 4.69) is 6.92 Å². The SMILES string of the molecule is Cc1sc(Cl)c(N)c1C1CC1. The minimum atomic E-state index is 0.721. The third-order valence-corrected chi connectivity index (χ3v) is 3.47. The maximum Gasteiger partial charge on any atom is 0.116 e. The summed E-state index contributed by atoms with van der Waals surface area (Å²) in [4.78, 5) is 1.30. The Morgan fingerprint density at radius 2 is 2.18 bits per heavy atom. The van der Waals surface area contributed by atoms with Crippen LogP contribution in [-0.2, 0) is 0 Å². The average Bonchev–Trinajstić information content (AvgIpc) is 2.68. The van der Waals surface area contributed by atoms with Gasteiger partial charge < -0.3 is 5.73 Å². The first-order chi connectivity index (χ1) is 5.20. The molecule has 1 nitrogen and oxygen atoms in total. The molecule has 0 amide bonds. The van der Waals surface area contributed by atoms with Crippen molar-refractivity contribution in [2.24, 2.45) is 0 Å². The first-order valence-electron chi connectivity index (χ1n) is 3.74. The molecule has 60 valence electrons. The van der Waals surface area contributed by atoms with E-state index in [1.165, 1.54) is 23.3 Å². The number of rotatable bonds is 1. The molecule has 0 spiro atoms. The number of hydrogen-bond acceptors (Lipinski definition) is 2. The lowest BCUT2D eigenvalue weighted by atomic mass is 10.1. The van der Waals surface area contributed by atoms with Crippen LogP contribution in [0, 0.1) is 6.92 Å². The highest BCUT2D eigenvalue weighted by Gasteiger charge is 2.29. The molecule has 1 heterocycles. The molecule has 0 aromatic carbocycles. The molecule has 2 N–H and O–H groups in total. The van der Waals surface area contributed by atoms with Gasteiger partial charge in [-0.3, -0.25) is 0 Å². The van der Waals surface area contributed by atoms with Crippen molar-refractivity contribution in [2.45, 2.75) is 25.7 Å². The van der Waals surface area contributed by atoms with E-state index in [0.717, 1.165) is 15.9 Å². The van der Waals surface area contributed by atoms with Crippen LogP contribution in [0.4, 0.5) is 5.69 Å². The monoisotopic (exact) mass is 187 g/mol. The Bertz CT molecular complexity index is 289. The minimum Gasteiger partial charge on any atom is -0.397 e. The van der Waals surface area contributed by atoms with Crippen molar-refractivity contribution < 1.29 is 0 Å². The predicted octanol–water partition coefficient (Wildman–Crippen LogP) is 3.17. The summed E-state index contributed by atoms with van der Waals surface area (Å²) in [6, 6.07) is 0. The van der Waals surface area contributed by atoms with Crippen LogP contribution in [0.25, 0.3) is 0 Å². The molecular weight excluding hydrogens is 178 g/mol. The molecule has 1 fully saturated rings. The van der Waals surface area contributed by atoms with Gasteiger partial charge in [0.15, 0.2) is 0 Å². The van der Waals surface area contributed by atoms with Gasteiger partial charge in [0, 0.05) is 4.88 Å². The predicted molar refractivity (Wildman–Crippen MR) is 50.5 cm³/mol. The summed E-state index contributed by atoms with van der Waals surface area (Å²) >= 11 is 7.50. The highest BCUT2D eigenvalue weighted by Crippen LogP contribution is 2.49. The van der Waals surface area contributed by atoms with Crippen LogP contribution >= 0.6 is 22.9 Å². The molecule has 1 aromatic heterocycles. The lowest BCUT2D eigenvalue weighted by molar-refractivity contribution is 1.13. The Hall–Kier alpha value is -0.210. The molecule has 3 heteroatoms. The van der Waals surface area contributed by atoms with Gasteiger partial charge >= 0.3 is 0 Å². The Morgan fingerprint density at radius 3 is 2.55 bits per heavy atom. The van der Waals surface area contributed by atoms with Crippen LogP contribution in [0.1, 0.15) is 29.2 Å². The molecule has 1 saturated carbocycles. The van der Waals surface area contributed by atoms with E-state index in [0.29, 0.717) is 0 Å². The largest absolute Gasteiger partial charge is 0.397 e. The lowest BCUT2D eigenvalue weighted by Gasteiger charge is -1.96. The molecular formula is C8H10ClNS. The summed E-state index contributed by atoms with van der Waals surface area (Å²) in [6.45, 7) is 2.10. The third kappa shape index (κ3) is 1.14. The zero-order valence-corrected chi connectivity index (χ0v) is 7.93. The van der Waals surface area contributed by atoms with Crippen molar-refractivity contribution in [1.82, 2.24) is 0 Å². The fourth-order valence-electron chi connectivity index (χ4n) is 1.42. The Kier molecular flexibility index (Phi) is 1.62. The zero-order valence-electron chi connectivity index (χ0n) is 6.36. The summed E-state index contributed by atoms with van der Waals surface area (Å²) in [5, 5.41) is 0. The minimum absolute atomic E-state index is 0.721. The van der Waals surface area contributed by atoms with Crippen LogP contribution in [0.15, 0.2) is 0 Å². The van der Waals surface area contributed by atoms with E-state index in [1.54, 1.807) is 11.3 Å². The summed E-state index contributed by atoms with van der Waals surface area (Å²) in [6.07, 6.45) is 2.58. The molecule has 0 bridgehead atoms. The van der Waals surface area contributed by atoms with Gasteiger partial charge in [0.2, 0.25) is 0 Å². The summed E-state index contributed by atoms with van der Waals surface area (Å²) in [5.74, 6) is 0.721.